The quantitative estimate of drug-likeness (QED) is 0.436. The van der Waals surface area contributed by atoms with E-state index in [0.717, 1.165) is 5.56 Å². The molecule has 1 aromatic rings. The van der Waals surface area contributed by atoms with Gasteiger partial charge >= 0.3 is 0 Å². The molecule has 4 heteroatoms. The third-order valence-corrected chi connectivity index (χ3v) is 2.52. The second kappa shape index (κ2) is 7.36. The zero-order valence-corrected chi connectivity index (χ0v) is 14.2. The average Bonchev–Trinajstić information content (AvgIpc) is 2.36. The number of benzene rings is 1. The van der Waals surface area contributed by atoms with Gasteiger partial charge in [0.05, 0.1) is 11.2 Å². The van der Waals surface area contributed by atoms with Crippen molar-refractivity contribution in [2.45, 2.75) is 71.9 Å². The van der Waals surface area contributed by atoms with Gasteiger partial charge in [0.15, 0.2) is 0 Å². The van der Waals surface area contributed by atoms with Crippen LogP contribution in [0.25, 0.3) is 0 Å². The summed E-state index contributed by atoms with van der Waals surface area (Å²) in [6, 6.07) is 10.00. The van der Waals surface area contributed by atoms with Crippen LogP contribution in [0.2, 0.25) is 0 Å². The van der Waals surface area contributed by atoms with Gasteiger partial charge in [-0.3, -0.25) is 0 Å². The maximum Gasteiger partial charge on any atom is 0.230 e. The van der Waals surface area contributed by atoms with E-state index >= 15 is 0 Å². The molecule has 0 amide bonds. The zero-order chi connectivity index (χ0) is 16.1. The molecule has 120 valence electrons. The van der Waals surface area contributed by atoms with E-state index in [1.165, 1.54) is 0 Å². The maximum atomic E-state index is 5.47. The van der Waals surface area contributed by atoms with Crippen LogP contribution in [0.5, 0.6) is 0 Å². The second-order valence-electron chi connectivity index (χ2n) is 7.15. The molecule has 0 saturated heterocycles. The molecule has 0 aliphatic carbocycles. The summed E-state index contributed by atoms with van der Waals surface area (Å²) in [6.07, 6.45) is -0.647. The Bertz CT molecular complexity index is 385. The predicted molar refractivity (Wildman–Crippen MR) is 82.5 cm³/mol. The van der Waals surface area contributed by atoms with Crippen LogP contribution in [-0.2, 0) is 19.6 Å². The lowest BCUT2D eigenvalue weighted by Crippen LogP contribution is -2.32. The maximum absolute atomic E-state index is 5.47. The summed E-state index contributed by atoms with van der Waals surface area (Å²) >= 11 is 0. The molecule has 0 saturated carbocycles. The number of hydrogen-bond acceptors (Lipinski definition) is 4. The lowest BCUT2D eigenvalue weighted by Gasteiger charge is -2.28. The van der Waals surface area contributed by atoms with E-state index in [1.54, 1.807) is 0 Å². The average molecular weight is 296 g/mol. The SMILES string of the molecule is CC(c1ccccc1)C(OOC(C)(C)C)OOC(C)(C)C. The van der Waals surface area contributed by atoms with Crippen molar-refractivity contribution in [1.29, 1.82) is 0 Å². The third kappa shape index (κ3) is 7.58. The van der Waals surface area contributed by atoms with Crippen molar-refractivity contribution in [2.24, 2.45) is 0 Å². The molecule has 0 heterocycles. The van der Waals surface area contributed by atoms with Crippen molar-refractivity contribution >= 4 is 0 Å². The zero-order valence-electron chi connectivity index (χ0n) is 14.2. The van der Waals surface area contributed by atoms with Gasteiger partial charge in [-0.15, -0.1) is 0 Å². The fourth-order valence-electron chi connectivity index (χ4n) is 1.48. The Hall–Kier alpha value is -0.940. The summed E-state index contributed by atoms with van der Waals surface area (Å²) < 4.78 is 0. The van der Waals surface area contributed by atoms with E-state index in [2.05, 4.69) is 0 Å². The summed E-state index contributed by atoms with van der Waals surface area (Å²) in [5.41, 5.74) is 0.261. The molecule has 0 N–H and O–H groups in total. The van der Waals surface area contributed by atoms with Crippen LogP contribution in [0, 0.1) is 0 Å². The van der Waals surface area contributed by atoms with Crippen LogP contribution in [0.1, 0.15) is 59.9 Å². The minimum Gasteiger partial charge on any atom is -0.228 e. The molecule has 0 fully saturated rings. The molecule has 0 aliphatic heterocycles. The minimum absolute atomic E-state index is 0.0316. The Morgan fingerprint density at radius 3 is 1.57 bits per heavy atom. The fourth-order valence-corrected chi connectivity index (χ4v) is 1.48. The van der Waals surface area contributed by atoms with Crippen molar-refractivity contribution in [2.75, 3.05) is 0 Å². The van der Waals surface area contributed by atoms with E-state index in [9.17, 15) is 0 Å². The van der Waals surface area contributed by atoms with Crippen LogP contribution in [0.15, 0.2) is 30.3 Å². The van der Waals surface area contributed by atoms with E-state index in [0.29, 0.717) is 0 Å². The molecular formula is C17H28O4. The Balaban J connectivity index is 2.75. The summed E-state index contributed by atoms with van der Waals surface area (Å²) in [4.78, 5) is 21.7. The van der Waals surface area contributed by atoms with Crippen LogP contribution < -0.4 is 0 Å². The van der Waals surface area contributed by atoms with Crippen molar-refractivity contribution in [3.8, 4) is 0 Å². The minimum atomic E-state index is -0.647. The van der Waals surface area contributed by atoms with E-state index in [1.807, 2.05) is 78.8 Å². The first-order chi connectivity index (χ1) is 9.58. The number of rotatable bonds is 6. The Morgan fingerprint density at radius 1 is 0.762 bits per heavy atom. The van der Waals surface area contributed by atoms with Gasteiger partial charge in [-0.05, 0) is 47.1 Å². The molecule has 0 aromatic heterocycles. The highest BCUT2D eigenvalue weighted by atomic mass is 17.3. The largest absolute Gasteiger partial charge is 0.230 e. The van der Waals surface area contributed by atoms with Gasteiger partial charge in [-0.1, -0.05) is 37.3 Å². The van der Waals surface area contributed by atoms with Crippen LogP contribution >= 0.6 is 0 Å². The van der Waals surface area contributed by atoms with Crippen LogP contribution in [0.4, 0.5) is 0 Å². The first-order valence-electron chi connectivity index (χ1n) is 7.32. The Kier molecular flexibility index (Phi) is 6.35. The van der Waals surface area contributed by atoms with Gasteiger partial charge in [-0.2, -0.15) is 0 Å². The summed E-state index contributed by atoms with van der Waals surface area (Å²) in [5, 5.41) is 0. The molecule has 1 atom stereocenters. The molecule has 1 aromatic carbocycles. The molecule has 4 nitrogen and oxygen atoms in total. The van der Waals surface area contributed by atoms with Gasteiger partial charge in [0.25, 0.3) is 0 Å². The predicted octanol–water partition coefficient (Wildman–Crippen LogP) is 4.61. The number of hydrogen-bond donors (Lipinski definition) is 0. The van der Waals surface area contributed by atoms with Crippen LogP contribution in [-0.4, -0.2) is 17.5 Å². The lowest BCUT2D eigenvalue weighted by molar-refractivity contribution is -0.500. The van der Waals surface area contributed by atoms with Gasteiger partial charge in [0.2, 0.25) is 6.29 Å². The molecule has 0 radical (unpaired) electrons. The van der Waals surface area contributed by atoms with E-state index in [-0.39, 0.29) is 5.92 Å². The molecule has 0 aliphatic rings. The highest BCUT2D eigenvalue weighted by Gasteiger charge is 2.27. The molecule has 0 spiro atoms. The summed E-state index contributed by atoms with van der Waals surface area (Å²) in [7, 11) is 0. The van der Waals surface area contributed by atoms with Gasteiger partial charge in [0.1, 0.15) is 0 Å². The highest BCUT2D eigenvalue weighted by Crippen LogP contribution is 2.25. The molecule has 0 bridgehead atoms. The van der Waals surface area contributed by atoms with Crippen molar-refractivity contribution in [1.82, 2.24) is 0 Å². The smallest absolute Gasteiger partial charge is 0.228 e. The van der Waals surface area contributed by atoms with Crippen molar-refractivity contribution in [3.05, 3.63) is 35.9 Å². The van der Waals surface area contributed by atoms with Crippen molar-refractivity contribution in [3.63, 3.8) is 0 Å². The van der Waals surface area contributed by atoms with Gasteiger partial charge < -0.3 is 0 Å². The van der Waals surface area contributed by atoms with Gasteiger partial charge in [0, 0.05) is 5.92 Å². The standard InChI is InChI=1S/C17H28O4/c1-13(14-11-9-8-10-12-14)15(18-20-16(2,3)4)19-21-17(5,6)7/h8-13,15H,1-7H3. The van der Waals surface area contributed by atoms with E-state index < -0.39 is 17.5 Å². The Morgan fingerprint density at radius 2 is 1.19 bits per heavy atom. The first-order valence-corrected chi connectivity index (χ1v) is 7.32. The summed E-state index contributed by atoms with van der Waals surface area (Å²) in [5.74, 6) is -0.0316. The first kappa shape index (κ1) is 18.1. The topological polar surface area (TPSA) is 36.9 Å². The molecule has 1 rings (SSSR count). The molecular weight excluding hydrogens is 268 g/mol. The molecule has 21 heavy (non-hydrogen) atoms. The van der Waals surface area contributed by atoms with E-state index in [4.69, 9.17) is 19.6 Å². The fraction of sp³-hybridized carbons (Fsp3) is 0.647. The highest BCUT2D eigenvalue weighted by molar-refractivity contribution is 5.19. The van der Waals surface area contributed by atoms with Gasteiger partial charge in [-0.25, -0.2) is 19.6 Å². The monoisotopic (exact) mass is 296 g/mol. The summed E-state index contributed by atoms with van der Waals surface area (Å²) in [6.45, 7) is 13.5. The lowest BCUT2D eigenvalue weighted by atomic mass is 10.0. The Labute approximate surface area is 128 Å². The van der Waals surface area contributed by atoms with Crippen LogP contribution in [0.3, 0.4) is 0 Å². The molecule has 1 unspecified atom stereocenters. The van der Waals surface area contributed by atoms with Crippen molar-refractivity contribution < 1.29 is 19.6 Å². The third-order valence-electron chi connectivity index (χ3n) is 2.52. The normalized spacial score (nSPS) is 14.5. The second-order valence-corrected chi connectivity index (χ2v) is 7.15.